The molecule has 1 fully saturated rings. The number of piperazine rings is 1. The first kappa shape index (κ1) is 29.1. The molecule has 0 spiro atoms. The topological polar surface area (TPSA) is 121 Å². The van der Waals surface area contributed by atoms with Gasteiger partial charge in [-0.1, -0.05) is 13.0 Å². The highest BCUT2D eigenvalue weighted by Crippen LogP contribution is 2.34. The zero-order valence-electron chi connectivity index (χ0n) is 22.2. The number of benzene rings is 2. The molecule has 1 aliphatic rings. The van der Waals surface area contributed by atoms with E-state index in [4.69, 9.17) is 10.5 Å². The average molecular weight is 559 g/mol. The van der Waals surface area contributed by atoms with Gasteiger partial charge in [0.25, 0.3) is 0 Å². The molecule has 0 radical (unpaired) electrons. The maximum atomic E-state index is 13.9. The maximum absolute atomic E-state index is 13.9. The fourth-order valence-corrected chi connectivity index (χ4v) is 4.27. The summed E-state index contributed by atoms with van der Waals surface area (Å²) in [6.45, 7) is 7.30. The SMILES string of the molecule is CCN1CCN(Cc2ccc(NC(=O)Nc3ccc(Oc4cc(NCCN)ncn4)cc3)cc2C(F)(F)F)CC1. The number of hydrogen-bond donors (Lipinski definition) is 4. The van der Waals surface area contributed by atoms with E-state index in [0.29, 0.717) is 49.3 Å². The number of hydrogen-bond acceptors (Lipinski definition) is 8. The number of anilines is 3. The van der Waals surface area contributed by atoms with E-state index in [-0.39, 0.29) is 17.8 Å². The Morgan fingerprint density at radius 2 is 1.65 bits per heavy atom. The van der Waals surface area contributed by atoms with Crippen LogP contribution in [0.2, 0.25) is 0 Å². The lowest BCUT2D eigenvalue weighted by molar-refractivity contribution is -0.138. The normalized spacial score (nSPS) is 14.5. The Morgan fingerprint density at radius 3 is 2.33 bits per heavy atom. The van der Waals surface area contributed by atoms with Gasteiger partial charge in [0, 0.05) is 63.3 Å². The van der Waals surface area contributed by atoms with Gasteiger partial charge in [0.2, 0.25) is 5.88 Å². The van der Waals surface area contributed by atoms with Gasteiger partial charge < -0.3 is 31.3 Å². The molecule has 0 atom stereocenters. The van der Waals surface area contributed by atoms with Crippen molar-refractivity contribution in [2.75, 3.05) is 61.8 Å². The summed E-state index contributed by atoms with van der Waals surface area (Å²) < 4.78 is 47.3. The second kappa shape index (κ2) is 13.4. The summed E-state index contributed by atoms with van der Waals surface area (Å²) in [5, 5.41) is 8.14. The van der Waals surface area contributed by atoms with Gasteiger partial charge in [0.15, 0.2) is 0 Å². The molecule has 2 aromatic carbocycles. The van der Waals surface area contributed by atoms with E-state index in [1.54, 1.807) is 30.3 Å². The van der Waals surface area contributed by atoms with E-state index in [2.05, 4.69) is 37.7 Å². The molecule has 1 aliphatic heterocycles. The Bertz CT molecular complexity index is 1270. The van der Waals surface area contributed by atoms with Gasteiger partial charge in [-0.15, -0.1) is 0 Å². The predicted molar refractivity (Wildman–Crippen MR) is 148 cm³/mol. The molecule has 10 nitrogen and oxygen atoms in total. The monoisotopic (exact) mass is 558 g/mol. The summed E-state index contributed by atoms with van der Waals surface area (Å²) in [4.78, 5) is 24.9. The third-order valence-corrected chi connectivity index (χ3v) is 6.41. The van der Waals surface area contributed by atoms with Gasteiger partial charge in [-0.05, 0) is 48.5 Å². The molecule has 4 rings (SSSR count). The van der Waals surface area contributed by atoms with E-state index in [9.17, 15) is 18.0 Å². The molecule has 5 N–H and O–H groups in total. The van der Waals surface area contributed by atoms with Gasteiger partial charge in [0.1, 0.15) is 17.9 Å². The zero-order chi connectivity index (χ0) is 28.5. The number of halogens is 3. The van der Waals surface area contributed by atoms with Gasteiger partial charge in [-0.2, -0.15) is 13.2 Å². The van der Waals surface area contributed by atoms with Crippen molar-refractivity contribution >= 4 is 23.2 Å². The van der Waals surface area contributed by atoms with Gasteiger partial charge in [-0.25, -0.2) is 14.8 Å². The second-order valence-corrected chi connectivity index (χ2v) is 9.24. The number of nitrogens with two attached hydrogens (primary N) is 1. The van der Waals surface area contributed by atoms with Crippen LogP contribution >= 0.6 is 0 Å². The Kier molecular flexibility index (Phi) is 9.74. The highest BCUT2D eigenvalue weighted by Gasteiger charge is 2.34. The lowest BCUT2D eigenvalue weighted by Crippen LogP contribution is -2.45. The number of carbonyl (C=O) groups excluding carboxylic acids is 1. The largest absolute Gasteiger partial charge is 0.439 e. The summed E-state index contributed by atoms with van der Waals surface area (Å²) >= 11 is 0. The molecule has 3 aromatic rings. The standard InChI is InChI=1S/C27H33F3N8O2/c1-2-37-11-13-38(14-12-37)17-19-3-4-21(15-23(19)27(28,29)30)36-26(39)35-20-5-7-22(8-6-20)40-25-16-24(32-10-9-31)33-18-34-25/h3-8,15-16,18H,2,9-14,17,31H2,1H3,(H,32,33,34)(H2,35,36,39). The summed E-state index contributed by atoms with van der Waals surface area (Å²) in [5.74, 6) is 1.36. The van der Waals surface area contributed by atoms with Crippen molar-refractivity contribution in [1.82, 2.24) is 19.8 Å². The van der Waals surface area contributed by atoms with E-state index in [1.165, 1.54) is 18.5 Å². The molecule has 214 valence electrons. The van der Waals surface area contributed by atoms with Gasteiger partial charge in [-0.3, -0.25) is 4.90 Å². The Labute approximate surface area is 230 Å². The van der Waals surface area contributed by atoms with Crippen molar-refractivity contribution < 1.29 is 22.7 Å². The van der Waals surface area contributed by atoms with Crippen molar-refractivity contribution in [2.24, 2.45) is 5.73 Å². The van der Waals surface area contributed by atoms with Crippen LogP contribution in [0.1, 0.15) is 18.1 Å². The molecular weight excluding hydrogens is 525 g/mol. The molecule has 0 unspecified atom stereocenters. The lowest BCUT2D eigenvalue weighted by Gasteiger charge is -2.34. The van der Waals surface area contributed by atoms with Crippen LogP contribution in [0.5, 0.6) is 11.6 Å². The molecular formula is C27H33F3N8O2. The van der Waals surface area contributed by atoms with Crippen LogP contribution in [0.4, 0.5) is 35.2 Å². The number of alkyl halides is 3. The van der Waals surface area contributed by atoms with Crippen molar-refractivity contribution in [2.45, 2.75) is 19.6 Å². The highest BCUT2D eigenvalue weighted by molar-refractivity contribution is 5.99. The minimum Gasteiger partial charge on any atom is -0.439 e. The zero-order valence-corrected chi connectivity index (χ0v) is 22.2. The summed E-state index contributed by atoms with van der Waals surface area (Å²) in [7, 11) is 0. The van der Waals surface area contributed by atoms with Crippen molar-refractivity contribution in [3.05, 3.63) is 66.0 Å². The van der Waals surface area contributed by atoms with Crippen LogP contribution in [0.3, 0.4) is 0 Å². The molecule has 0 aliphatic carbocycles. The summed E-state index contributed by atoms with van der Waals surface area (Å²) in [6.07, 6.45) is -3.19. The third-order valence-electron chi connectivity index (χ3n) is 6.41. The minimum atomic E-state index is -4.55. The molecule has 40 heavy (non-hydrogen) atoms. The number of ether oxygens (including phenoxy) is 1. The number of likely N-dealkylation sites (N-methyl/N-ethyl adjacent to an activating group) is 1. The highest BCUT2D eigenvalue weighted by atomic mass is 19.4. The lowest BCUT2D eigenvalue weighted by atomic mass is 10.0. The Hall–Kier alpha value is -3.94. The molecule has 2 heterocycles. The van der Waals surface area contributed by atoms with Crippen molar-refractivity contribution in [3.63, 3.8) is 0 Å². The Balaban J connectivity index is 1.35. The second-order valence-electron chi connectivity index (χ2n) is 9.24. The van der Waals surface area contributed by atoms with Crippen LogP contribution in [-0.4, -0.2) is 71.6 Å². The van der Waals surface area contributed by atoms with Crippen LogP contribution in [-0.2, 0) is 12.7 Å². The molecule has 1 aromatic heterocycles. The summed E-state index contributed by atoms with van der Waals surface area (Å²) in [5.41, 5.74) is 5.39. The third kappa shape index (κ3) is 8.28. The number of urea groups is 1. The molecule has 2 amide bonds. The maximum Gasteiger partial charge on any atom is 0.416 e. The Morgan fingerprint density at radius 1 is 0.975 bits per heavy atom. The number of rotatable bonds is 10. The minimum absolute atomic E-state index is 0.0483. The quantitative estimate of drug-likeness (QED) is 0.288. The van der Waals surface area contributed by atoms with E-state index < -0.39 is 17.8 Å². The first-order valence-corrected chi connectivity index (χ1v) is 13.0. The number of aromatic nitrogens is 2. The molecule has 0 bridgehead atoms. The van der Waals surface area contributed by atoms with Crippen LogP contribution in [0, 0.1) is 0 Å². The first-order chi connectivity index (χ1) is 19.2. The average Bonchev–Trinajstić information content (AvgIpc) is 2.94. The van der Waals surface area contributed by atoms with Crippen LogP contribution in [0.25, 0.3) is 0 Å². The number of amides is 2. The fraction of sp³-hybridized carbons (Fsp3) is 0.370. The van der Waals surface area contributed by atoms with Gasteiger partial charge >= 0.3 is 12.2 Å². The van der Waals surface area contributed by atoms with Crippen molar-refractivity contribution in [1.29, 1.82) is 0 Å². The summed E-state index contributed by atoms with van der Waals surface area (Å²) in [6, 6.07) is 11.3. The molecule has 0 saturated carbocycles. The first-order valence-electron chi connectivity index (χ1n) is 13.0. The molecule has 13 heteroatoms. The van der Waals surface area contributed by atoms with Crippen LogP contribution < -0.4 is 26.4 Å². The van der Waals surface area contributed by atoms with E-state index in [1.807, 2.05) is 4.90 Å². The predicted octanol–water partition coefficient (Wildman–Crippen LogP) is 4.44. The number of carbonyl (C=O) groups is 1. The van der Waals surface area contributed by atoms with Gasteiger partial charge in [0.05, 0.1) is 5.56 Å². The molecule has 1 saturated heterocycles. The van der Waals surface area contributed by atoms with Crippen molar-refractivity contribution in [3.8, 4) is 11.6 Å². The smallest absolute Gasteiger partial charge is 0.416 e. The van der Waals surface area contributed by atoms with E-state index in [0.717, 1.165) is 25.7 Å². The van der Waals surface area contributed by atoms with E-state index >= 15 is 0 Å². The van der Waals surface area contributed by atoms with Crippen LogP contribution in [0.15, 0.2) is 54.9 Å². The fourth-order valence-electron chi connectivity index (χ4n) is 4.27. The number of nitrogens with zero attached hydrogens (tertiary/aromatic N) is 4. The number of nitrogens with one attached hydrogen (secondary N) is 3.